The van der Waals surface area contributed by atoms with Crippen molar-refractivity contribution in [2.45, 2.75) is 26.9 Å². The van der Waals surface area contributed by atoms with E-state index in [-0.39, 0.29) is 0 Å². The summed E-state index contributed by atoms with van der Waals surface area (Å²) in [6.45, 7) is 5.41. The molecule has 2 rings (SSSR count). The summed E-state index contributed by atoms with van der Waals surface area (Å²) in [6, 6.07) is 4.01. The Morgan fingerprint density at radius 3 is 2.41 bits per heavy atom. The molecule has 0 fully saturated rings. The van der Waals surface area contributed by atoms with Crippen molar-refractivity contribution in [2.24, 2.45) is 0 Å². The van der Waals surface area contributed by atoms with Crippen LogP contribution in [0.15, 0.2) is 24.5 Å². The molecule has 1 aromatic carbocycles. The first-order chi connectivity index (χ1) is 8.16. The minimum absolute atomic E-state index is 0.392. The third-order valence-electron chi connectivity index (χ3n) is 2.76. The van der Waals surface area contributed by atoms with E-state index in [9.17, 15) is 5.11 Å². The molecule has 2 aromatic rings. The molecule has 17 heavy (non-hydrogen) atoms. The predicted molar refractivity (Wildman–Crippen MR) is 66.7 cm³/mol. The van der Waals surface area contributed by atoms with Crippen LogP contribution in [0.3, 0.4) is 0 Å². The van der Waals surface area contributed by atoms with E-state index in [1.54, 1.807) is 6.20 Å². The van der Waals surface area contributed by atoms with Gasteiger partial charge in [-0.05, 0) is 30.5 Å². The fourth-order valence-corrected chi connectivity index (χ4v) is 1.87. The number of hydrogen-bond acceptors (Lipinski definition) is 3. The monoisotopic (exact) mass is 231 g/mol. The lowest BCUT2D eigenvalue weighted by Gasteiger charge is -2.08. The van der Waals surface area contributed by atoms with E-state index in [0.29, 0.717) is 5.75 Å². The van der Waals surface area contributed by atoms with E-state index >= 15 is 0 Å². The second-order valence-electron chi connectivity index (χ2n) is 4.29. The van der Waals surface area contributed by atoms with Crippen LogP contribution in [0, 0.1) is 13.8 Å². The van der Waals surface area contributed by atoms with E-state index < -0.39 is 0 Å². The molecule has 4 heteroatoms. The van der Waals surface area contributed by atoms with Crippen LogP contribution in [0.4, 0.5) is 0 Å². The zero-order valence-electron chi connectivity index (χ0n) is 10.1. The molecule has 0 bridgehead atoms. The summed E-state index contributed by atoms with van der Waals surface area (Å²) in [7, 11) is 0. The van der Waals surface area contributed by atoms with Gasteiger partial charge in [-0.2, -0.15) is 5.10 Å². The van der Waals surface area contributed by atoms with Gasteiger partial charge in [0, 0.05) is 24.8 Å². The Morgan fingerprint density at radius 2 is 1.82 bits per heavy atom. The number of nitrogens with one attached hydrogen (secondary N) is 2. The lowest BCUT2D eigenvalue weighted by molar-refractivity contribution is 0.466. The molecule has 0 aliphatic carbocycles. The van der Waals surface area contributed by atoms with Crippen molar-refractivity contribution in [3.8, 4) is 5.75 Å². The minimum Gasteiger partial charge on any atom is -0.507 e. The van der Waals surface area contributed by atoms with E-state index in [1.165, 1.54) is 5.56 Å². The number of nitrogens with zero attached hydrogens (tertiary/aromatic N) is 1. The van der Waals surface area contributed by atoms with E-state index in [1.807, 2.05) is 32.2 Å². The number of rotatable bonds is 4. The van der Waals surface area contributed by atoms with Crippen molar-refractivity contribution in [3.63, 3.8) is 0 Å². The van der Waals surface area contributed by atoms with Crippen molar-refractivity contribution in [1.82, 2.24) is 15.5 Å². The predicted octanol–water partition coefficient (Wildman–Crippen LogP) is 2.02. The molecule has 0 aliphatic heterocycles. The molecular formula is C13H17N3O. The molecule has 0 amide bonds. The van der Waals surface area contributed by atoms with Crippen LogP contribution in [0.25, 0.3) is 0 Å². The molecule has 0 saturated carbocycles. The van der Waals surface area contributed by atoms with Crippen molar-refractivity contribution in [1.29, 1.82) is 0 Å². The molecule has 4 nitrogen and oxygen atoms in total. The van der Waals surface area contributed by atoms with Crippen LogP contribution in [-0.2, 0) is 13.1 Å². The number of hydrogen-bond donors (Lipinski definition) is 3. The van der Waals surface area contributed by atoms with Gasteiger partial charge in [0.1, 0.15) is 5.75 Å². The molecule has 3 N–H and O–H groups in total. The number of phenolic OH excluding ortho intramolecular Hbond substituents is 1. The average Bonchev–Trinajstić information content (AvgIpc) is 2.79. The third-order valence-corrected chi connectivity index (χ3v) is 2.76. The maximum Gasteiger partial charge on any atom is 0.121 e. The number of phenols is 1. The molecule has 0 unspecified atom stereocenters. The lowest BCUT2D eigenvalue weighted by Crippen LogP contribution is -2.12. The van der Waals surface area contributed by atoms with Crippen LogP contribution in [0.2, 0.25) is 0 Å². The Balaban J connectivity index is 1.95. The minimum atomic E-state index is 0.392. The maximum absolute atomic E-state index is 9.67. The van der Waals surface area contributed by atoms with Gasteiger partial charge in [-0.3, -0.25) is 5.10 Å². The highest BCUT2D eigenvalue weighted by Crippen LogP contribution is 2.22. The van der Waals surface area contributed by atoms with Crippen LogP contribution < -0.4 is 5.32 Å². The number of H-pyrrole nitrogens is 1. The fraction of sp³-hybridized carbons (Fsp3) is 0.308. The van der Waals surface area contributed by atoms with Gasteiger partial charge in [0.2, 0.25) is 0 Å². The van der Waals surface area contributed by atoms with Gasteiger partial charge >= 0.3 is 0 Å². The zero-order chi connectivity index (χ0) is 12.3. The molecule has 90 valence electrons. The fourth-order valence-electron chi connectivity index (χ4n) is 1.87. The van der Waals surface area contributed by atoms with Gasteiger partial charge in [0.05, 0.1) is 6.20 Å². The molecule has 0 spiro atoms. The summed E-state index contributed by atoms with van der Waals surface area (Å²) < 4.78 is 0. The van der Waals surface area contributed by atoms with Crippen LogP contribution in [0.1, 0.15) is 22.3 Å². The summed E-state index contributed by atoms with van der Waals surface area (Å²) in [5, 5.41) is 19.7. The Hall–Kier alpha value is -1.81. The summed E-state index contributed by atoms with van der Waals surface area (Å²) >= 11 is 0. The quantitative estimate of drug-likeness (QED) is 0.754. The normalized spacial score (nSPS) is 10.7. The van der Waals surface area contributed by atoms with Crippen molar-refractivity contribution >= 4 is 0 Å². The van der Waals surface area contributed by atoms with Gasteiger partial charge in [-0.25, -0.2) is 0 Å². The Labute approximate surface area is 101 Å². The molecule has 0 saturated heterocycles. The summed E-state index contributed by atoms with van der Waals surface area (Å²) in [5.41, 5.74) is 4.16. The standard InChI is InChI=1S/C13H17N3O/c1-9-3-11(4-10(2)13(9)17)5-14-6-12-7-15-16-8-12/h3-4,7-8,14,17H,5-6H2,1-2H3,(H,15,16). The Kier molecular flexibility index (Phi) is 3.44. The van der Waals surface area contributed by atoms with Gasteiger partial charge in [0.15, 0.2) is 0 Å². The smallest absolute Gasteiger partial charge is 0.121 e. The zero-order valence-corrected chi connectivity index (χ0v) is 10.1. The second kappa shape index (κ2) is 5.01. The highest BCUT2D eigenvalue weighted by Gasteiger charge is 2.03. The lowest BCUT2D eigenvalue weighted by atomic mass is 10.1. The summed E-state index contributed by atoms with van der Waals surface area (Å²) in [5.74, 6) is 0.392. The van der Waals surface area contributed by atoms with Gasteiger partial charge in [-0.1, -0.05) is 12.1 Å². The first-order valence-electron chi connectivity index (χ1n) is 5.64. The molecule has 0 radical (unpaired) electrons. The highest BCUT2D eigenvalue weighted by atomic mass is 16.3. The number of aromatic hydroxyl groups is 1. The summed E-state index contributed by atoms with van der Waals surface area (Å²) in [4.78, 5) is 0. The van der Waals surface area contributed by atoms with E-state index in [4.69, 9.17) is 0 Å². The van der Waals surface area contributed by atoms with Crippen LogP contribution in [0.5, 0.6) is 5.75 Å². The van der Waals surface area contributed by atoms with Gasteiger partial charge < -0.3 is 10.4 Å². The highest BCUT2D eigenvalue weighted by molar-refractivity contribution is 5.42. The first kappa shape index (κ1) is 11.7. The maximum atomic E-state index is 9.67. The number of benzene rings is 1. The van der Waals surface area contributed by atoms with Crippen LogP contribution in [-0.4, -0.2) is 15.3 Å². The van der Waals surface area contributed by atoms with E-state index in [2.05, 4.69) is 15.5 Å². The Bertz CT molecular complexity index is 468. The van der Waals surface area contributed by atoms with Crippen molar-refractivity contribution < 1.29 is 5.11 Å². The molecule has 1 aromatic heterocycles. The largest absolute Gasteiger partial charge is 0.507 e. The second-order valence-corrected chi connectivity index (χ2v) is 4.29. The molecule has 1 heterocycles. The SMILES string of the molecule is Cc1cc(CNCc2cn[nH]c2)cc(C)c1O. The summed E-state index contributed by atoms with van der Waals surface area (Å²) in [6.07, 6.45) is 3.68. The average molecular weight is 231 g/mol. The third kappa shape index (κ3) is 2.85. The van der Waals surface area contributed by atoms with Crippen molar-refractivity contribution in [2.75, 3.05) is 0 Å². The molecule has 0 atom stereocenters. The molecular weight excluding hydrogens is 214 g/mol. The number of aromatic amines is 1. The Morgan fingerprint density at radius 1 is 1.18 bits per heavy atom. The number of aryl methyl sites for hydroxylation is 2. The molecule has 0 aliphatic rings. The van der Waals surface area contributed by atoms with E-state index in [0.717, 1.165) is 29.8 Å². The van der Waals surface area contributed by atoms with Crippen LogP contribution >= 0.6 is 0 Å². The van der Waals surface area contributed by atoms with Gasteiger partial charge in [0.25, 0.3) is 0 Å². The topological polar surface area (TPSA) is 60.9 Å². The number of aromatic nitrogens is 2. The van der Waals surface area contributed by atoms with Crippen molar-refractivity contribution in [3.05, 3.63) is 46.8 Å². The first-order valence-corrected chi connectivity index (χ1v) is 5.64. The van der Waals surface area contributed by atoms with Gasteiger partial charge in [-0.15, -0.1) is 0 Å².